The van der Waals surface area contributed by atoms with Gasteiger partial charge in [0.25, 0.3) is 0 Å². The van der Waals surface area contributed by atoms with Gasteiger partial charge in [-0.05, 0) is 23.8 Å². The van der Waals surface area contributed by atoms with Gasteiger partial charge in [0, 0.05) is 6.07 Å². The molecule has 1 aliphatic heterocycles. The van der Waals surface area contributed by atoms with Crippen molar-refractivity contribution in [3.63, 3.8) is 0 Å². The monoisotopic (exact) mass is 314 g/mol. The second-order valence-electron chi connectivity index (χ2n) is 4.62. The van der Waals surface area contributed by atoms with E-state index in [4.69, 9.17) is 21.1 Å². The van der Waals surface area contributed by atoms with Crippen LogP contribution in [-0.4, -0.2) is 17.6 Å². The highest BCUT2D eigenvalue weighted by Gasteiger charge is 2.27. The molecule has 0 unspecified atom stereocenters. The summed E-state index contributed by atoms with van der Waals surface area (Å²) in [6, 6.07) is 14.0. The highest BCUT2D eigenvalue weighted by atomic mass is 35.5. The van der Waals surface area contributed by atoms with Crippen LogP contribution in [-0.2, 0) is 4.79 Å². The molecule has 22 heavy (non-hydrogen) atoms. The molecule has 1 heterocycles. The maximum absolute atomic E-state index is 12.3. The summed E-state index contributed by atoms with van der Waals surface area (Å²) in [6.45, 7) is 0. The van der Waals surface area contributed by atoms with Gasteiger partial charge in [-0.2, -0.15) is 0 Å². The number of carbonyl (C=O) groups is 2. The number of Topliss-reactive ketones (excluding diaryl/α,β-unsaturated/α-hetero) is 1. The summed E-state index contributed by atoms with van der Waals surface area (Å²) in [6.07, 6.45) is 1.67. The van der Waals surface area contributed by atoms with Crippen LogP contribution in [0.15, 0.2) is 54.3 Å². The molecular formula is C17H11ClO4. The molecule has 0 aromatic heterocycles. The first kappa shape index (κ1) is 14.4. The lowest BCUT2D eigenvalue weighted by molar-refractivity contribution is -0.131. The van der Waals surface area contributed by atoms with E-state index < -0.39 is 5.97 Å². The highest BCUT2D eigenvalue weighted by Crippen LogP contribution is 2.34. The number of benzene rings is 2. The Labute approximate surface area is 131 Å². The minimum absolute atomic E-state index is 0.200. The third kappa shape index (κ3) is 2.87. The molecule has 0 radical (unpaired) electrons. The summed E-state index contributed by atoms with van der Waals surface area (Å²) < 4.78 is 10.6. The topological polar surface area (TPSA) is 52.6 Å². The first-order valence-electron chi connectivity index (χ1n) is 6.57. The Balaban J connectivity index is 1.87. The zero-order chi connectivity index (χ0) is 15.5. The molecule has 2 aromatic carbocycles. The molecule has 0 N–H and O–H groups in total. The molecule has 3 rings (SSSR count). The molecule has 0 saturated heterocycles. The lowest BCUT2D eigenvalue weighted by Crippen LogP contribution is -2.08. The number of esters is 1. The van der Waals surface area contributed by atoms with Crippen LogP contribution in [0.5, 0.6) is 11.5 Å². The summed E-state index contributed by atoms with van der Waals surface area (Å²) in [7, 11) is 0. The van der Waals surface area contributed by atoms with E-state index in [0.717, 1.165) is 5.56 Å². The van der Waals surface area contributed by atoms with Crippen LogP contribution >= 0.6 is 11.6 Å². The maximum atomic E-state index is 12.3. The van der Waals surface area contributed by atoms with Crippen molar-refractivity contribution in [3.8, 4) is 11.5 Å². The molecule has 0 aliphatic carbocycles. The third-order valence-corrected chi connectivity index (χ3v) is 3.30. The zero-order valence-corrected chi connectivity index (χ0v) is 12.2. The van der Waals surface area contributed by atoms with Crippen LogP contribution in [0, 0.1) is 0 Å². The number of alkyl halides is 1. The Hall–Kier alpha value is -2.59. The van der Waals surface area contributed by atoms with Crippen molar-refractivity contribution < 1.29 is 19.1 Å². The van der Waals surface area contributed by atoms with Crippen molar-refractivity contribution in [2.45, 2.75) is 0 Å². The summed E-state index contributed by atoms with van der Waals surface area (Å²) in [5.74, 6) is -0.108. The summed E-state index contributed by atoms with van der Waals surface area (Å²) >= 11 is 5.39. The van der Waals surface area contributed by atoms with E-state index in [1.54, 1.807) is 12.1 Å². The van der Waals surface area contributed by atoms with Crippen LogP contribution in [0.2, 0.25) is 0 Å². The number of hydrogen-bond donors (Lipinski definition) is 0. The van der Waals surface area contributed by atoms with Gasteiger partial charge in [-0.3, -0.25) is 9.59 Å². The van der Waals surface area contributed by atoms with Crippen molar-refractivity contribution in [2.75, 3.05) is 5.88 Å². The molecule has 0 atom stereocenters. The van der Waals surface area contributed by atoms with E-state index in [-0.39, 0.29) is 23.2 Å². The minimum atomic E-state index is -0.564. The predicted molar refractivity (Wildman–Crippen MR) is 82.2 cm³/mol. The van der Waals surface area contributed by atoms with E-state index in [1.807, 2.05) is 30.3 Å². The third-order valence-electron chi connectivity index (χ3n) is 3.08. The maximum Gasteiger partial charge on any atom is 0.326 e. The highest BCUT2D eigenvalue weighted by molar-refractivity contribution is 6.26. The molecule has 0 saturated carbocycles. The van der Waals surface area contributed by atoms with Crippen molar-refractivity contribution in [2.24, 2.45) is 0 Å². The molecule has 0 spiro atoms. The molecule has 110 valence electrons. The van der Waals surface area contributed by atoms with Crippen LogP contribution in [0.3, 0.4) is 0 Å². The first-order chi connectivity index (χ1) is 10.7. The van der Waals surface area contributed by atoms with Gasteiger partial charge < -0.3 is 9.47 Å². The number of hydrogen-bond acceptors (Lipinski definition) is 4. The second-order valence-corrected chi connectivity index (χ2v) is 4.88. The van der Waals surface area contributed by atoms with Crippen molar-refractivity contribution >= 4 is 29.4 Å². The molecule has 0 bridgehead atoms. The van der Waals surface area contributed by atoms with E-state index in [1.165, 1.54) is 12.1 Å². The Morgan fingerprint density at radius 3 is 2.68 bits per heavy atom. The quantitative estimate of drug-likeness (QED) is 0.377. The molecule has 4 nitrogen and oxygen atoms in total. The van der Waals surface area contributed by atoms with E-state index in [9.17, 15) is 9.59 Å². The van der Waals surface area contributed by atoms with Crippen LogP contribution in [0.4, 0.5) is 0 Å². The zero-order valence-electron chi connectivity index (χ0n) is 11.4. The van der Waals surface area contributed by atoms with Crippen LogP contribution in [0.1, 0.15) is 15.9 Å². The Bertz CT molecular complexity index is 765. The fourth-order valence-electron chi connectivity index (χ4n) is 2.09. The van der Waals surface area contributed by atoms with Gasteiger partial charge in [-0.1, -0.05) is 30.3 Å². The Morgan fingerprint density at radius 1 is 1.18 bits per heavy atom. The number of rotatable bonds is 3. The van der Waals surface area contributed by atoms with Crippen LogP contribution in [0.25, 0.3) is 6.08 Å². The van der Waals surface area contributed by atoms with Crippen molar-refractivity contribution in [1.29, 1.82) is 0 Å². The molecule has 5 heteroatoms. The SMILES string of the molecule is O=C(CCl)Oc1ccc2c(c1)OC(=Cc1ccccc1)C2=O. The number of ether oxygens (including phenoxy) is 2. The Kier molecular flexibility index (Phi) is 3.94. The molecule has 1 aliphatic rings. The fraction of sp³-hybridized carbons (Fsp3) is 0.0588. The molecule has 0 amide bonds. The van der Waals surface area contributed by atoms with Gasteiger partial charge >= 0.3 is 5.97 Å². The first-order valence-corrected chi connectivity index (χ1v) is 7.11. The van der Waals surface area contributed by atoms with Gasteiger partial charge in [0.05, 0.1) is 5.56 Å². The molecule has 2 aromatic rings. The van der Waals surface area contributed by atoms with E-state index in [2.05, 4.69) is 0 Å². The van der Waals surface area contributed by atoms with Crippen molar-refractivity contribution in [3.05, 3.63) is 65.4 Å². The largest absolute Gasteiger partial charge is 0.452 e. The average molecular weight is 315 g/mol. The van der Waals surface area contributed by atoms with E-state index >= 15 is 0 Å². The smallest absolute Gasteiger partial charge is 0.326 e. The number of fused-ring (bicyclic) bond motifs is 1. The number of carbonyl (C=O) groups excluding carboxylic acids is 2. The number of allylic oxidation sites excluding steroid dienone is 1. The minimum Gasteiger partial charge on any atom is -0.452 e. The number of halogens is 1. The molecular weight excluding hydrogens is 304 g/mol. The lowest BCUT2D eigenvalue weighted by Gasteiger charge is -2.03. The second kappa shape index (κ2) is 6.03. The standard InChI is InChI=1S/C17H11ClO4/c18-10-16(19)21-12-6-7-13-14(9-12)22-15(17(13)20)8-11-4-2-1-3-5-11/h1-9H,10H2. The normalized spacial score (nSPS) is 14.6. The van der Waals surface area contributed by atoms with Gasteiger partial charge in [0.2, 0.25) is 5.78 Å². The molecule has 0 fully saturated rings. The van der Waals surface area contributed by atoms with Crippen molar-refractivity contribution in [1.82, 2.24) is 0 Å². The average Bonchev–Trinajstić information content (AvgIpc) is 2.84. The van der Waals surface area contributed by atoms with Gasteiger partial charge in [-0.25, -0.2) is 0 Å². The van der Waals surface area contributed by atoms with E-state index in [0.29, 0.717) is 11.3 Å². The summed E-state index contributed by atoms with van der Waals surface area (Å²) in [5.41, 5.74) is 1.31. The predicted octanol–water partition coefficient (Wildman–Crippen LogP) is 3.45. The van der Waals surface area contributed by atoms with Gasteiger partial charge in [0.15, 0.2) is 5.76 Å². The van der Waals surface area contributed by atoms with Gasteiger partial charge in [-0.15, -0.1) is 11.6 Å². The van der Waals surface area contributed by atoms with Gasteiger partial charge in [0.1, 0.15) is 17.4 Å². The summed E-state index contributed by atoms with van der Waals surface area (Å²) in [5, 5.41) is 0. The Morgan fingerprint density at radius 2 is 1.95 bits per heavy atom. The lowest BCUT2D eigenvalue weighted by atomic mass is 10.1. The fourth-order valence-corrected chi connectivity index (χ4v) is 2.14. The van der Waals surface area contributed by atoms with Crippen LogP contribution < -0.4 is 9.47 Å². The number of ketones is 1. The summed E-state index contributed by atoms with van der Waals surface area (Å²) in [4.78, 5) is 23.4.